The highest BCUT2D eigenvalue weighted by Gasteiger charge is 2.37. The number of carbonyl (C=O) groups is 1. The second-order valence-corrected chi connectivity index (χ2v) is 13.7. The summed E-state index contributed by atoms with van der Waals surface area (Å²) in [6.07, 6.45) is -3.65. The van der Waals surface area contributed by atoms with Gasteiger partial charge >= 0.3 is 6.18 Å². The number of rotatable bonds is 12. The van der Waals surface area contributed by atoms with Gasteiger partial charge in [0.05, 0.1) is 5.69 Å². The normalized spacial score (nSPS) is 18.1. The first kappa shape index (κ1) is 34.0. The maximum atomic E-state index is 13.4. The second kappa shape index (κ2) is 14.5. The van der Waals surface area contributed by atoms with Crippen LogP contribution in [0.5, 0.6) is 5.75 Å². The molecule has 244 valence electrons. The Labute approximate surface area is 258 Å². The topological polar surface area (TPSA) is 97.5 Å². The fourth-order valence-corrected chi connectivity index (χ4v) is 6.64. The van der Waals surface area contributed by atoms with Crippen molar-refractivity contribution in [3.8, 4) is 5.75 Å². The van der Waals surface area contributed by atoms with Crippen molar-refractivity contribution in [1.82, 2.24) is 24.7 Å². The summed E-state index contributed by atoms with van der Waals surface area (Å²) in [6.45, 7) is 4.89. The molecule has 2 atom stereocenters. The summed E-state index contributed by atoms with van der Waals surface area (Å²) in [5, 5.41) is 5.32. The molecule has 1 fully saturated rings. The van der Waals surface area contributed by atoms with E-state index in [0.717, 1.165) is 36.3 Å². The Balaban J connectivity index is 1.44. The van der Waals surface area contributed by atoms with Gasteiger partial charge in [-0.05, 0) is 43.7 Å². The number of likely N-dealkylation sites (N-methyl/N-ethyl adjacent to an activating group) is 1. The van der Waals surface area contributed by atoms with E-state index in [0.29, 0.717) is 38.4 Å². The molecule has 0 spiro atoms. The lowest BCUT2D eigenvalue weighted by Crippen LogP contribution is -2.54. The number of nitrogens with zero attached hydrogens (tertiary/aromatic N) is 4. The SMILES string of the molecule is CC(N[C@H](CNC(=O)COc1cccc(N2CCN(C)CC2)c1S(=O)(=O)N(C)C)CN1CCc2ccccc2C1)C(F)(F)F. The predicted octanol–water partition coefficient (Wildman–Crippen LogP) is 2.15. The Morgan fingerprint density at radius 1 is 1.02 bits per heavy atom. The van der Waals surface area contributed by atoms with Gasteiger partial charge in [0, 0.05) is 72.5 Å². The molecule has 2 heterocycles. The van der Waals surface area contributed by atoms with Gasteiger partial charge in [0.2, 0.25) is 10.0 Å². The van der Waals surface area contributed by atoms with Crippen molar-refractivity contribution in [2.45, 2.75) is 43.0 Å². The van der Waals surface area contributed by atoms with Crippen LogP contribution in [0.2, 0.25) is 0 Å². The molecule has 0 aliphatic carbocycles. The van der Waals surface area contributed by atoms with Crippen LogP contribution in [0.15, 0.2) is 47.4 Å². The fraction of sp³-hybridized carbons (Fsp3) is 0.567. The first-order chi connectivity index (χ1) is 20.8. The number of hydrogen-bond donors (Lipinski definition) is 2. The van der Waals surface area contributed by atoms with Gasteiger partial charge in [-0.25, -0.2) is 12.7 Å². The minimum absolute atomic E-state index is 0.0220. The van der Waals surface area contributed by atoms with Crippen LogP contribution in [0.3, 0.4) is 0 Å². The number of carbonyl (C=O) groups excluding carboxylic acids is 1. The van der Waals surface area contributed by atoms with Crippen molar-refractivity contribution in [1.29, 1.82) is 0 Å². The molecule has 1 unspecified atom stereocenters. The summed E-state index contributed by atoms with van der Waals surface area (Å²) in [6, 6.07) is 10.5. The number of alkyl halides is 3. The zero-order chi connectivity index (χ0) is 32.1. The maximum Gasteiger partial charge on any atom is 0.403 e. The number of halogens is 3. The molecule has 44 heavy (non-hydrogen) atoms. The molecule has 2 aromatic carbocycles. The molecule has 2 aliphatic rings. The summed E-state index contributed by atoms with van der Waals surface area (Å²) in [4.78, 5) is 19.1. The zero-order valence-corrected chi connectivity index (χ0v) is 26.5. The highest BCUT2D eigenvalue weighted by molar-refractivity contribution is 7.89. The number of sulfonamides is 1. The summed E-state index contributed by atoms with van der Waals surface area (Å²) >= 11 is 0. The smallest absolute Gasteiger partial charge is 0.403 e. The van der Waals surface area contributed by atoms with E-state index in [9.17, 15) is 26.4 Å². The highest BCUT2D eigenvalue weighted by Crippen LogP contribution is 2.36. The van der Waals surface area contributed by atoms with Crippen molar-refractivity contribution in [2.75, 3.05) is 78.5 Å². The third kappa shape index (κ3) is 8.62. The molecule has 10 nitrogen and oxygen atoms in total. The molecule has 0 bridgehead atoms. The largest absolute Gasteiger partial charge is 0.482 e. The van der Waals surface area contributed by atoms with Crippen molar-refractivity contribution >= 4 is 21.6 Å². The minimum atomic E-state index is -4.44. The lowest BCUT2D eigenvalue weighted by molar-refractivity contribution is -0.153. The number of benzene rings is 2. The minimum Gasteiger partial charge on any atom is -0.482 e. The Kier molecular flexibility index (Phi) is 11.2. The quantitative estimate of drug-likeness (QED) is 0.365. The van der Waals surface area contributed by atoms with E-state index in [1.807, 2.05) is 30.1 Å². The molecule has 2 aromatic rings. The summed E-state index contributed by atoms with van der Waals surface area (Å²) in [5.41, 5.74) is 2.87. The Hall–Kier alpha value is -2.91. The molecular formula is C30H43F3N6O4S. The van der Waals surface area contributed by atoms with E-state index in [1.54, 1.807) is 12.1 Å². The third-order valence-corrected chi connectivity index (χ3v) is 10.00. The molecular weight excluding hydrogens is 597 g/mol. The van der Waals surface area contributed by atoms with Crippen LogP contribution in [0.1, 0.15) is 18.1 Å². The molecule has 0 aromatic heterocycles. The predicted molar refractivity (Wildman–Crippen MR) is 163 cm³/mol. The zero-order valence-electron chi connectivity index (χ0n) is 25.7. The average Bonchev–Trinajstić information content (AvgIpc) is 2.98. The van der Waals surface area contributed by atoms with E-state index in [-0.39, 0.29) is 17.2 Å². The molecule has 2 aliphatic heterocycles. The van der Waals surface area contributed by atoms with Gasteiger partial charge in [-0.1, -0.05) is 30.3 Å². The number of piperazine rings is 1. The van der Waals surface area contributed by atoms with Crippen molar-refractivity contribution < 1.29 is 31.1 Å². The maximum absolute atomic E-state index is 13.4. The molecule has 4 rings (SSSR count). The van der Waals surface area contributed by atoms with E-state index in [2.05, 4.69) is 26.5 Å². The number of fused-ring (bicyclic) bond motifs is 1. The average molecular weight is 641 g/mol. The van der Waals surface area contributed by atoms with E-state index >= 15 is 0 Å². The second-order valence-electron chi connectivity index (χ2n) is 11.7. The van der Waals surface area contributed by atoms with Gasteiger partial charge in [-0.2, -0.15) is 13.2 Å². The molecule has 2 N–H and O–H groups in total. The summed E-state index contributed by atoms with van der Waals surface area (Å²) < 4.78 is 74.0. The first-order valence-electron chi connectivity index (χ1n) is 14.8. The Bertz CT molecular complexity index is 1380. The van der Waals surface area contributed by atoms with Gasteiger partial charge in [0.15, 0.2) is 6.61 Å². The Morgan fingerprint density at radius 3 is 2.36 bits per heavy atom. The number of nitrogens with one attached hydrogen (secondary N) is 2. The highest BCUT2D eigenvalue weighted by atomic mass is 32.2. The number of ether oxygens (including phenoxy) is 1. The molecule has 0 radical (unpaired) electrons. The van der Waals surface area contributed by atoms with Crippen LogP contribution >= 0.6 is 0 Å². The van der Waals surface area contributed by atoms with Crippen molar-refractivity contribution in [3.05, 3.63) is 53.6 Å². The van der Waals surface area contributed by atoms with Crippen LogP contribution < -0.4 is 20.3 Å². The molecule has 0 saturated carbocycles. The van der Waals surface area contributed by atoms with Crippen molar-refractivity contribution in [2.24, 2.45) is 0 Å². The first-order valence-corrected chi connectivity index (χ1v) is 16.2. The standard InChI is InChI=1S/C30H43F3N6O4S/c1-22(30(31,32)33)35-25(20-38-13-12-23-8-5-6-9-24(23)19-38)18-34-28(40)21-43-27-11-7-10-26(29(27)44(41,42)36(2)3)39-16-14-37(4)15-17-39/h5-11,22,25,35H,12-21H2,1-4H3,(H,34,40)/t22?,25-/m1/s1. The molecule has 1 saturated heterocycles. The van der Waals surface area contributed by atoms with Crippen LogP contribution in [0.25, 0.3) is 0 Å². The van der Waals surface area contributed by atoms with Crippen LogP contribution in [0, 0.1) is 0 Å². The lowest BCUT2D eigenvalue weighted by Gasteiger charge is -2.35. The van der Waals surface area contributed by atoms with Crippen LogP contribution in [-0.2, 0) is 27.8 Å². The van der Waals surface area contributed by atoms with Crippen LogP contribution in [-0.4, -0.2) is 120 Å². The van der Waals surface area contributed by atoms with E-state index in [1.165, 1.54) is 25.7 Å². The lowest BCUT2D eigenvalue weighted by atomic mass is 9.99. The van der Waals surface area contributed by atoms with Crippen LogP contribution in [0.4, 0.5) is 18.9 Å². The fourth-order valence-electron chi connectivity index (χ4n) is 5.43. The van der Waals surface area contributed by atoms with E-state index in [4.69, 9.17) is 4.74 Å². The summed E-state index contributed by atoms with van der Waals surface area (Å²) in [7, 11) is 0.928. The van der Waals surface area contributed by atoms with E-state index < -0.39 is 40.8 Å². The van der Waals surface area contributed by atoms with Gasteiger partial charge in [-0.15, -0.1) is 0 Å². The number of anilines is 1. The van der Waals surface area contributed by atoms with Gasteiger partial charge in [0.1, 0.15) is 16.7 Å². The summed E-state index contributed by atoms with van der Waals surface area (Å²) in [5.74, 6) is -0.531. The molecule has 14 heteroatoms. The monoisotopic (exact) mass is 640 g/mol. The molecule has 1 amide bonds. The van der Waals surface area contributed by atoms with Gasteiger partial charge < -0.3 is 25.2 Å². The Morgan fingerprint density at radius 2 is 1.70 bits per heavy atom. The number of amides is 1. The van der Waals surface area contributed by atoms with Gasteiger partial charge in [0.25, 0.3) is 5.91 Å². The van der Waals surface area contributed by atoms with Gasteiger partial charge in [-0.3, -0.25) is 9.69 Å². The third-order valence-electron chi connectivity index (χ3n) is 8.11. The number of hydrogen-bond acceptors (Lipinski definition) is 8. The van der Waals surface area contributed by atoms with Crippen molar-refractivity contribution in [3.63, 3.8) is 0 Å².